The first-order valence-electron chi connectivity index (χ1n) is 2.72. The third kappa shape index (κ3) is 1.58. The average molecular weight is 143 g/mol. The fourth-order valence-electron chi connectivity index (χ4n) is 0.521. The monoisotopic (exact) mass is 143 g/mol. The molecule has 10 heavy (non-hydrogen) atoms. The van der Waals surface area contributed by atoms with Crippen LogP contribution >= 0.6 is 0 Å². The number of amides is 1. The smallest absolute Gasteiger partial charge is 0.258 e. The molecule has 3 nitrogen and oxygen atoms in total. The van der Waals surface area contributed by atoms with Crippen molar-refractivity contribution in [2.75, 3.05) is 12.0 Å². The van der Waals surface area contributed by atoms with Crippen LogP contribution in [0.3, 0.4) is 0 Å². The number of carbonyl (C=O) groups excluding carboxylic acids is 1. The number of alkyl halides is 1. The maximum Gasteiger partial charge on any atom is 0.258 e. The molecule has 0 aliphatic heterocycles. The van der Waals surface area contributed by atoms with Crippen molar-refractivity contribution < 1.29 is 13.6 Å². The molecule has 54 valence electrons. The van der Waals surface area contributed by atoms with Gasteiger partial charge in [-0.3, -0.25) is 10.1 Å². The molecule has 0 aromatic carbocycles. The number of rotatable bonds is 2. The number of hydrogen-bond acceptors (Lipinski definition) is 2. The molecule has 1 aromatic rings. The number of furan rings is 1. The third-order valence-corrected chi connectivity index (χ3v) is 0.905. The Bertz CT molecular complexity index is 208. The summed E-state index contributed by atoms with van der Waals surface area (Å²) in [6.45, 7) is -1.03. The largest absolute Gasteiger partial charge is 0.449 e. The van der Waals surface area contributed by atoms with E-state index in [-0.39, 0.29) is 5.88 Å². The van der Waals surface area contributed by atoms with E-state index in [9.17, 15) is 9.18 Å². The highest BCUT2D eigenvalue weighted by Crippen LogP contribution is 2.05. The Morgan fingerprint density at radius 3 is 3.10 bits per heavy atom. The molecule has 0 unspecified atom stereocenters. The molecule has 0 saturated carbocycles. The highest BCUT2D eigenvalue weighted by atomic mass is 19.1. The van der Waals surface area contributed by atoms with Gasteiger partial charge in [-0.1, -0.05) is 0 Å². The second-order valence-corrected chi connectivity index (χ2v) is 1.66. The highest BCUT2D eigenvalue weighted by molar-refractivity contribution is 5.90. The van der Waals surface area contributed by atoms with Crippen molar-refractivity contribution in [3.05, 3.63) is 18.4 Å². The summed E-state index contributed by atoms with van der Waals surface area (Å²) in [6, 6.07) is 3.14. The average Bonchev–Trinajstić information content (AvgIpc) is 2.40. The van der Waals surface area contributed by atoms with E-state index in [4.69, 9.17) is 4.42 Å². The van der Waals surface area contributed by atoms with Gasteiger partial charge in [0.2, 0.25) is 0 Å². The van der Waals surface area contributed by atoms with E-state index in [2.05, 4.69) is 5.32 Å². The van der Waals surface area contributed by atoms with Gasteiger partial charge in [-0.25, -0.2) is 4.39 Å². The van der Waals surface area contributed by atoms with Crippen LogP contribution in [0.2, 0.25) is 0 Å². The maximum atomic E-state index is 11.5. The Balaban J connectivity index is 2.48. The number of nitrogens with one attached hydrogen (secondary N) is 1. The van der Waals surface area contributed by atoms with E-state index >= 15 is 0 Å². The fraction of sp³-hybridized carbons (Fsp3) is 0.167. The lowest BCUT2D eigenvalue weighted by atomic mass is 10.6. The van der Waals surface area contributed by atoms with Gasteiger partial charge in [-0.05, 0) is 6.07 Å². The van der Waals surface area contributed by atoms with Crippen LogP contribution in [-0.4, -0.2) is 12.6 Å². The Kier molecular flexibility index (Phi) is 2.04. The van der Waals surface area contributed by atoms with E-state index < -0.39 is 12.6 Å². The van der Waals surface area contributed by atoms with E-state index in [1.165, 1.54) is 12.3 Å². The summed E-state index contributed by atoms with van der Waals surface area (Å²) in [5, 5.41) is 2.19. The van der Waals surface area contributed by atoms with Gasteiger partial charge in [-0.15, -0.1) is 0 Å². The van der Waals surface area contributed by atoms with Gasteiger partial charge in [-0.2, -0.15) is 0 Å². The Morgan fingerprint density at radius 1 is 1.80 bits per heavy atom. The number of anilines is 1. The zero-order valence-corrected chi connectivity index (χ0v) is 5.13. The van der Waals surface area contributed by atoms with Gasteiger partial charge in [0.1, 0.15) is 0 Å². The highest BCUT2D eigenvalue weighted by Gasteiger charge is 2.00. The molecule has 0 aliphatic rings. The van der Waals surface area contributed by atoms with Gasteiger partial charge in [0.25, 0.3) is 5.91 Å². The number of halogens is 1. The summed E-state index contributed by atoms with van der Waals surface area (Å²) in [6.07, 6.45) is 1.40. The zero-order chi connectivity index (χ0) is 7.40. The molecule has 1 aromatic heterocycles. The van der Waals surface area contributed by atoms with Crippen molar-refractivity contribution in [1.82, 2.24) is 0 Å². The van der Waals surface area contributed by atoms with Crippen LogP contribution in [0.1, 0.15) is 0 Å². The topological polar surface area (TPSA) is 42.2 Å². The molecule has 1 amide bonds. The molecule has 1 heterocycles. The van der Waals surface area contributed by atoms with Gasteiger partial charge in [0.15, 0.2) is 12.6 Å². The summed E-state index contributed by atoms with van der Waals surface area (Å²) >= 11 is 0. The molecule has 0 saturated heterocycles. The Hall–Kier alpha value is -1.32. The molecule has 0 spiro atoms. The zero-order valence-electron chi connectivity index (χ0n) is 5.13. The minimum absolute atomic E-state index is 0.266. The molecular formula is C6H6FNO2. The normalized spacial score (nSPS) is 9.30. The lowest BCUT2D eigenvalue weighted by Crippen LogP contribution is -2.12. The molecule has 0 atom stereocenters. The van der Waals surface area contributed by atoms with Crippen molar-refractivity contribution in [2.45, 2.75) is 0 Å². The van der Waals surface area contributed by atoms with Gasteiger partial charge in [0.05, 0.1) is 6.26 Å². The van der Waals surface area contributed by atoms with Gasteiger partial charge in [0, 0.05) is 6.07 Å². The minimum Gasteiger partial charge on any atom is -0.449 e. The summed E-state index contributed by atoms with van der Waals surface area (Å²) in [5.74, 6) is -0.433. The van der Waals surface area contributed by atoms with Crippen molar-refractivity contribution in [2.24, 2.45) is 0 Å². The van der Waals surface area contributed by atoms with Crippen LogP contribution in [0.15, 0.2) is 22.8 Å². The SMILES string of the molecule is O=C(CF)Nc1ccco1. The summed E-state index contributed by atoms with van der Waals surface area (Å²) in [5.41, 5.74) is 0. The van der Waals surface area contributed by atoms with Crippen LogP contribution in [0.25, 0.3) is 0 Å². The standard InChI is InChI=1S/C6H6FNO2/c7-4-5(9)8-6-2-1-3-10-6/h1-3H,4H2,(H,8,9). The molecule has 1 N–H and O–H groups in total. The molecular weight excluding hydrogens is 137 g/mol. The number of carbonyl (C=O) groups is 1. The van der Waals surface area contributed by atoms with E-state index in [0.717, 1.165) is 0 Å². The van der Waals surface area contributed by atoms with Crippen LogP contribution in [0, 0.1) is 0 Å². The van der Waals surface area contributed by atoms with Crippen molar-refractivity contribution >= 4 is 11.8 Å². The van der Waals surface area contributed by atoms with E-state index in [1.807, 2.05) is 0 Å². The van der Waals surface area contributed by atoms with Crippen LogP contribution in [0.4, 0.5) is 10.3 Å². The molecule has 0 bridgehead atoms. The molecule has 4 heteroatoms. The third-order valence-electron chi connectivity index (χ3n) is 0.905. The first-order valence-corrected chi connectivity index (χ1v) is 2.72. The summed E-state index contributed by atoms with van der Waals surface area (Å²) in [7, 11) is 0. The van der Waals surface area contributed by atoms with Crippen LogP contribution in [-0.2, 0) is 4.79 Å². The van der Waals surface area contributed by atoms with Crippen LogP contribution < -0.4 is 5.32 Å². The van der Waals surface area contributed by atoms with Crippen molar-refractivity contribution in [1.29, 1.82) is 0 Å². The second-order valence-electron chi connectivity index (χ2n) is 1.66. The van der Waals surface area contributed by atoms with Gasteiger partial charge >= 0.3 is 0 Å². The fourth-order valence-corrected chi connectivity index (χ4v) is 0.521. The maximum absolute atomic E-state index is 11.5. The minimum atomic E-state index is -1.03. The van der Waals surface area contributed by atoms with E-state index in [0.29, 0.717) is 0 Å². The summed E-state index contributed by atoms with van der Waals surface area (Å²) in [4.78, 5) is 10.3. The van der Waals surface area contributed by atoms with E-state index in [1.54, 1.807) is 6.07 Å². The molecule has 0 radical (unpaired) electrons. The Morgan fingerprint density at radius 2 is 2.60 bits per heavy atom. The lowest BCUT2D eigenvalue weighted by Gasteiger charge is -1.93. The summed E-state index contributed by atoms with van der Waals surface area (Å²) < 4.78 is 16.2. The van der Waals surface area contributed by atoms with Crippen molar-refractivity contribution in [3.63, 3.8) is 0 Å². The Labute approximate surface area is 56.8 Å². The predicted octanol–water partition coefficient (Wildman–Crippen LogP) is 1.19. The predicted molar refractivity (Wildman–Crippen MR) is 33.3 cm³/mol. The molecule has 0 fully saturated rings. The lowest BCUT2D eigenvalue weighted by molar-refractivity contribution is -0.117. The molecule has 1 rings (SSSR count). The first-order chi connectivity index (χ1) is 4.83. The molecule has 0 aliphatic carbocycles. The second kappa shape index (κ2) is 3.00. The number of hydrogen-bond donors (Lipinski definition) is 1. The van der Waals surface area contributed by atoms with Crippen LogP contribution in [0.5, 0.6) is 0 Å². The first kappa shape index (κ1) is 6.80. The van der Waals surface area contributed by atoms with Crippen molar-refractivity contribution in [3.8, 4) is 0 Å². The quantitative estimate of drug-likeness (QED) is 0.675. The van der Waals surface area contributed by atoms with Gasteiger partial charge < -0.3 is 4.42 Å².